The van der Waals surface area contributed by atoms with E-state index in [0.29, 0.717) is 23.7 Å². The largest absolute Gasteiger partial charge is 0.296 e. The highest BCUT2D eigenvalue weighted by Gasteiger charge is 2.32. The molecule has 2 aromatic heterocycles. The Morgan fingerprint density at radius 3 is 2.44 bits per heavy atom. The second-order valence-corrected chi connectivity index (χ2v) is 9.51. The molecule has 3 aromatic rings. The maximum absolute atomic E-state index is 13.2. The van der Waals surface area contributed by atoms with Crippen LogP contribution in [0.15, 0.2) is 58.9 Å². The zero-order chi connectivity index (χ0) is 18.9. The molecule has 1 fully saturated rings. The number of rotatable bonds is 5. The number of benzene rings is 1. The fraction of sp³-hybridized carbons (Fsp3) is 0.316. The van der Waals surface area contributed by atoms with Gasteiger partial charge in [0.05, 0.1) is 4.88 Å². The van der Waals surface area contributed by atoms with Gasteiger partial charge in [0.15, 0.2) is 0 Å². The van der Waals surface area contributed by atoms with Crippen molar-refractivity contribution in [2.45, 2.75) is 11.4 Å². The molecule has 1 aliphatic heterocycles. The Morgan fingerprint density at radius 2 is 1.78 bits per heavy atom. The van der Waals surface area contributed by atoms with Crippen molar-refractivity contribution in [3.05, 3.63) is 59.6 Å². The van der Waals surface area contributed by atoms with Gasteiger partial charge in [0, 0.05) is 46.0 Å². The zero-order valence-corrected chi connectivity index (χ0v) is 16.8. The highest BCUT2D eigenvalue weighted by molar-refractivity contribution is 7.89. The highest BCUT2D eigenvalue weighted by atomic mass is 32.2. The van der Waals surface area contributed by atoms with E-state index in [-0.39, 0.29) is 0 Å². The number of thiophene rings is 1. The second-order valence-electron chi connectivity index (χ2n) is 6.66. The Hall–Kier alpha value is -2.00. The molecular weight excluding hydrogens is 380 g/mol. The maximum atomic E-state index is 13.2. The lowest BCUT2D eigenvalue weighted by atomic mass is 10.2. The van der Waals surface area contributed by atoms with E-state index >= 15 is 0 Å². The SMILES string of the molecule is Cn1cc(S(=O)(=O)N2CCN(Cc3ccccc3)CC2)c(-c2cccs2)n1. The molecule has 142 valence electrons. The van der Waals surface area contributed by atoms with E-state index in [9.17, 15) is 8.42 Å². The van der Waals surface area contributed by atoms with Crippen molar-refractivity contribution in [3.8, 4) is 10.6 Å². The van der Waals surface area contributed by atoms with Gasteiger partial charge in [-0.3, -0.25) is 9.58 Å². The number of aromatic nitrogens is 2. The lowest BCUT2D eigenvalue weighted by Crippen LogP contribution is -2.48. The van der Waals surface area contributed by atoms with Crippen LogP contribution in [0, 0.1) is 0 Å². The predicted molar refractivity (Wildman–Crippen MR) is 107 cm³/mol. The Bertz CT molecular complexity index is 990. The molecule has 0 saturated carbocycles. The van der Waals surface area contributed by atoms with Crippen molar-refractivity contribution in [3.63, 3.8) is 0 Å². The summed E-state index contributed by atoms with van der Waals surface area (Å²) >= 11 is 1.50. The molecule has 1 aliphatic rings. The van der Waals surface area contributed by atoms with E-state index in [1.807, 2.05) is 35.7 Å². The van der Waals surface area contributed by atoms with Gasteiger partial charge in [0.1, 0.15) is 10.6 Å². The number of sulfonamides is 1. The Morgan fingerprint density at radius 1 is 1.04 bits per heavy atom. The third kappa shape index (κ3) is 3.84. The lowest BCUT2D eigenvalue weighted by Gasteiger charge is -2.33. The van der Waals surface area contributed by atoms with Crippen molar-refractivity contribution in [2.24, 2.45) is 7.05 Å². The molecule has 1 aromatic carbocycles. The molecule has 8 heteroatoms. The standard InChI is InChI=1S/C19H22N4O2S2/c1-21-15-18(19(20-21)17-8-5-13-26-17)27(24,25)23-11-9-22(10-12-23)14-16-6-3-2-4-7-16/h2-8,13,15H,9-12,14H2,1H3. The monoisotopic (exact) mass is 402 g/mol. The Balaban J connectivity index is 1.50. The molecular formula is C19H22N4O2S2. The Labute approximate surface area is 163 Å². The minimum Gasteiger partial charge on any atom is -0.296 e. The Kier molecular flexibility index (Phi) is 5.14. The normalized spacial score (nSPS) is 16.6. The van der Waals surface area contributed by atoms with E-state index in [2.05, 4.69) is 22.1 Å². The first-order valence-corrected chi connectivity index (χ1v) is 11.2. The number of hydrogen-bond donors (Lipinski definition) is 0. The third-order valence-corrected chi connectivity index (χ3v) is 7.52. The van der Waals surface area contributed by atoms with Gasteiger partial charge in [0.2, 0.25) is 10.0 Å². The first kappa shape index (κ1) is 18.4. The summed E-state index contributed by atoms with van der Waals surface area (Å²) in [6.45, 7) is 3.29. The van der Waals surface area contributed by atoms with Crippen molar-refractivity contribution in [2.75, 3.05) is 26.2 Å². The first-order chi connectivity index (χ1) is 13.0. The van der Waals surface area contributed by atoms with Gasteiger partial charge in [-0.1, -0.05) is 36.4 Å². The van der Waals surface area contributed by atoms with Crippen molar-refractivity contribution < 1.29 is 8.42 Å². The van der Waals surface area contributed by atoms with Gasteiger partial charge < -0.3 is 0 Å². The maximum Gasteiger partial charge on any atom is 0.246 e. The number of hydrogen-bond acceptors (Lipinski definition) is 5. The van der Waals surface area contributed by atoms with Crippen molar-refractivity contribution >= 4 is 21.4 Å². The van der Waals surface area contributed by atoms with Crippen LogP contribution in [-0.4, -0.2) is 53.6 Å². The number of piperazine rings is 1. The minimum absolute atomic E-state index is 0.295. The van der Waals surface area contributed by atoms with Crippen LogP contribution in [0.4, 0.5) is 0 Å². The molecule has 0 unspecified atom stereocenters. The average molecular weight is 403 g/mol. The summed E-state index contributed by atoms with van der Waals surface area (Å²) in [6, 6.07) is 14.1. The molecule has 0 atom stereocenters. The van der Waals surface area contributed by atoms with E-state index in [1.54, 1.807) is 22.2 Å². The fourth-order valence-corrected chi connectivity index (χ4v) is 5.74. The molecule has 0 N–H and O–H groups in total. The summed E-state index contributed by atoms with van der Waals surface area (Å²) in [4.78, 5) is 3.46. The second kappa shape index (κ2) is 7.55. The molecule has 1 saturated heterocycles. The van der Waals surface area contributed by atoms with Gasteiger partial charge in [-0.15, -0.1) is 11.3 Å². The summed E-state index contributed by atoms with van der Waals surface area (Å²) in [7, 11) is -1.81. The van der Waals surface area contributed by atoms with Crippen LogP contribution in [0.2, 0.25) is 0 Å². The molecule has 0 amide bonds. The highest BCUT2D eigenvalue weighted by Crippen LogP contribution is 2.31. The minimum atomic E-state index is -3.56. The smallest absolute Gasteiger partial charge is 0.246 e. The van der Waals surface area contributed by atoms with E-state index in [0.717, 1.165) is 24.5 Å². The predicted octanol–water partition coefficient (Wildman–Crippen LogP) is 2.66. The average Bonchev–Trinajstić information content (AvgIpc) is 3.33. The van der Waals surface area contributed by atoms with E-state index in [1.165, 1.54) is 16.9 Å². The van der Waals surface area contributed by atoms with Gasteiger partial charge in [-0.05, 0) is 17.0 Å². The van der Waals surface area contributed by atoms with Crippen LogP contribution in [0.25, 0.3) is 10.6 Å². The van der Waals surface area contributed by atoms with Crippen LogP contribution in [0.3, 0.4) is 0 Å². The summed E-state index contributed by atoms with van der Waals surface area (Å²) in [5.41, 5.74) is 1.79. The van der Waals surface area contributed by atoms with Gasteiger partial charge in [0.25, 0.3) is 0 Å². The van der Waals surface area contributed by atoms with Crippen molar-refractivity contribution in [1.29, 1.82) is 0 Å². The van der Waals surface area contributed by atoms with Crippen LogP contribution in [0.5, 0.6) is 0 Å². The molecule has 6 nitrogen and oxygen atoms in total. The van der Waals surface area contributed by atoms with Crippen LogP contribution in [0.1, 0.15) is 5.56 Å². The van der Waals surface area contributed by atoms with E-state index in [4.69, 9.17) is 0 Å². The number of aryl methyl sites for hydroxylation is 1. The summed E-state index contributed by atoms with van der Waals surface area (Å²) < 4.78 is 29.6. The molecule has 0 bridgehead atoms. The van der Waals surface area contributed by atoms with E-state index < -0.39 is 10.0 Å². The molecule has 0 spiro atoms. The topological polar surface area (TPSA) is 58.4 Å². The van der Waals surface area contributed by atoms with Crippen LogP contribution >= 0.6 is 11.3 Å². The summed E-state index contributed by atoms with van der Waals surface area (Å²) in [5, 5.41) is 6.33. The lowest BCUT2D eigenvalue weighted by molar-refractivity contribution is 0.181. The first-order valence-electron chi connectivity index (χ1n) is 8.88. The molecule has 0 aliphatic carbocycles. The third-order valence-electron chi connectivity index (χ3n) is 4.75. The molecule has 4 rings (SSSR count). The van der Waals surface area contributed by atoms with Gasteiger partial charge in [-0.2, -0.15) is 9.40 Å². The quantitative estimate of drug-likeness (QED) is 0.658. The van der Waals surface area contributed by atoms with Gasteiger partial charge >= 0.3 is 0 Å². The molecule has 0 radical (unpaired) electrons. The molecule has 27 heavy (non-hydrogen) atoms. The van der Waals surface area contributed by atoms with Crippen LogP contribution in [-0.2, 0) is 23.6 Å². The van der Waals surface area contributed by atoms with Crippen molar-refractivity contribution in [1.82, 2.24) is 19.0 Å². The summed E-state index contributed by atoms with van der Waals surface area (Å²) in [5.74, 6) is 0. The van der Waals surface area contributed by atoms with Gasteiger partial charge in [-0.25, -0.2) is 8.42 Å². The summed E-state index contributed by atoms with van der Waals surface area (Å²) in [6.07, 6.45) is 1.61. The number of nitrogens with zero attached hydrogens (tertiary/aromatic N) is 4. The zero-order valence-electron chi connectivity index (χ0n) is 15.2. The van der Waals surface area contributed by atoms with Crippen LogP contribution < -0.4 is 0 Å². The fourth-order valence-electron chi connectivity index (χ4n) is 3.35. The molecule has 3 heterocycles.